The number of hydrogen-bond donors (Lipinski definition) is 2. The van der Waals surface area contributed by atoms with Crippen molar-refractivity contribution in [2.75, 3.05) is 17.2 Å². The average molecular weight is 320 g/mol. The van der Waals surface area contributed by atoms with E-state index in [1.54, 1.807) is 6.33 Å². The fraction of sp³-hybridized carbons (Fsp3) is 0.158. The van der Waals surface area contributed by atoms with Crippen LogP contribution in [0.2, 0.25) is 0 Å². The summed E-state index contributed by atoms with van der Waals surface area (Å²) in [6.45, 7) is 3.01. The quantitative estimate of drug-likeness (QED) is 0.652. The molecule has 24 heavy (non-hydrogen) atoms. The highest BCUT2D eigenvalue weighted by Gasteiger charge is 2.01. The molecule has 0 bridgehead atoms. The molecule has 0 aliphatic rings. The molecule has 0 atom stereocenters. The van der Waals surface area contributed by atoms with Gasteiger partial charge >= 0.3 is 0 Å². The summed E-state index contributed by atoms with van der Waals surface area (Å²) in [4.78, 5) is 8.44. The Morgan fingerprint density at radius 1 is 0.875 bits per heavy atom. The lowest BCUT2D eigenvalue weighted by Gasteiger charge is -2.09. The molecule has 5 heteroatoms. The van der Waals surface area contributed by atoms with Crippen LogP contribution in [0.15, 0.2) is 67.0 Å². The molecule has 0 saturated heterocycles. The minimum Gasteiger partial charge on any atom is -0.457 e. The monoisotopic (exact) mass is 320 g/mol. The van der Waals surface area contributed by atoms with E-state index in [1.807, 2.05) is 60.7 Å². The largest absolute Gasteiger partial charge is 0.457 e. The van der Waals surface area contributed by atoms with Crippen LogP contribution in [0.5, 0.6) is 11.5 Å². The van der Waals surface area contributed by atoms with E-state index in [0.29, 0.717) is 0 Å². The number of benzene rings is 2. The smallest absolute Gasteiger partial charge is 0.135 e. The van der Waals surface area contributed by atoms with Crippen molar-refractivity contribution in [3.05, 3.63) is 67.0 Å². The van der Waals surface area contributed by atoms with Crippen molar-refractivity contribution in [1.82, 2.24) is 9.97 Å². The Bertz CT molecular complexity index is 760. The first-order chi connectivity index (χ1) is 11.8. The molecule has 3 aromatic rings. The van der Waals surface area contributed by atoms with Gasteiger partial charge in [0.25, 0.3) is 0 Å². The van der Waals surface area contributed by atoms with Gasteiger partial charge in [0, 0.05) is 18.3 Å². The number of hydrogen-bond acceptors (Lipinski definition) is 5. The fourth-order valence-corrected chi connectivity index (χ4v) is 2.15. The predicted octanol–water partition coefficient (Wildman–Crippen LogP) is 4.83. The summed E-state index contributed by atoms with van der Waals surface area (Å²) in [5.74, 6) is 3.18. The van der Waals surface area contributed by atoms with Gasteiger partial charge in [-0.15, -0.1) is 0 Å². The van der Waals surface area contributed by atoms with Crippen molar-refractivity contribution in [2.24, 2.45) is 0 Å². The number of ether oxygens (including phenoxy) is 1. The standard InChI is InChI=1S/C19H20N4O/c1-2-12-20-18-13-19(22-14-21-18)23-15-8-10-17(11-9-15)24-16-6-4-3-5-7-16/h3-11,13-14H,2,12H2,1H3,(H2,20,21,22,23). The van der Waals surface area contributed by atoms with Gasteiger partial charge in [-0.3, -0.25) is 0 Å². The van der Waals surface area contributed by atoms with E-state index < -0.39 is 0 Å². The first-order valence-electron chi connectivity index (χ1n) is 7.99. The molecule has 0 saturated carbocycles. The minimum absolute atomic E-state index is 0.750. The van der Waals surface area contributed by atoms with Gasteiger partial charge in [-0.1, -0.05) is 25.1 Å². The Morgan fingerprint density at radius 3 is 2.33 bits per heavy atom. The van der Waals surface area contributed by atoms with E-state index in [9.17, 15) is 0 Å². The Labute approximate surface area is 141 Å². The molecule has 0 fully saturated rings. The number of nitrogens with zero attached hydrogens (tertiary/aromatic N) is 2. The molecule has 1 aromatic heterocycles. The van der Waals surface area contributed by atoms with Gasteiger partial charge < -0.3 is 15.4 Å². The van der Waals surface area contributed by atoms with E-state index >= 15 is 0 Å². The molecule has 1 heterocycles. The van der Waals surface area contributed by atoms with E-state index in [0.717, 1.165) is 41.8 Å². The molecule has 0 spiro atoms. The van der Waals surface area contributed by atoms with Crippen molar-refractivity contribution in [3.8, 4) is 11.5 Å². The van der Waals surface area contributed by atoms with Crippen molar-refractivity contribution in [1.29, 1.82) is 0 Å². The fourth-order valence-electron chi connectivity index (χ4n) is 2.15. The Kier molecular flexibility index (Phi) is 5.24. The van der Waals surface area contributed by atoms with E-state index in [4.69, 9.17) is 4.74 Å². The topological polar surface area (TPSA) is 59.1 Å². The number of para-hydroxylation sites is 1. The second-order valence-electron chi connectivity index (χ2n) is 5.28. The van der Waals surface area contributed by atoms with Crippen LogP contribution >= 0.6 is 0 Å². The summed E-state index contributed by atoms with van der Waals surface area (Å²) in [6.07, 6.45) is 2.60. The second kappa shape index (κ2) is 7.97. The number of rotatable bonds is 7. The maximum Gasteiger partial charge on any atom is 0.135 e. The predicted molar refractivity (Wildman–Crippen MR) is 97.1 cm³/mol. The van der Waals surface area contributed by atoms with Crippen LogP contribution in [-0.4, -0.2) is 16.5 Å². The molecule has 0 unspecified atom stereocenters. The number of aromatic nitrogens is 2. The summed E-state index contributed by atoms with van der Waals surface area (Å²) >= 11 is 0. The maximum absolute atomic E-state index is 5.78. The summed E-state index contributed by atoms with van der Waals surface area (Å²) in [6, 6.07) is 19.4. The number of nitrogens with one attached hydrogen (secondary N) is 2. The van der Waals surface area contributed by atoms with Gasteiger partial charge in [0.15, 0.2) is 0 Å². The molecule has 0 amide bonds. The minimum atomic E-state index is 0.750. The van der Waals surface area contributed by atoms with Crippen LogP contribution in [-0.2, 0) is 0 Å². The molecule has 2 aromatic carbocycles. The molecule has 3 rings (SSSR count). The summed E-state index contributed by atoms with van der Waals surface area (Å²) in [5.41, 5.74) is 0.940. The van der Waals surface area contributed by atoms with Crippen LogP contribution < -0.4 is 15.4 Å². The van der Waals surface area contributed by atoms with Crippen molar-refractivity contribution < 1.29 is 4.74 Å². The van der Waals surface area contributed by atoms with Crippen LogP contribution in [0.3, 0.4) is 0 Å². The molecular formula is C19H20N4O. The molecule has 0 aliphatic carbocycles. The van der Waals surface area contributed by atoms with Gasteiger partial charge in [-0.25, -0.2) is 9.97 Å². The first kappa shape index (κ1) is 15.8. The van der Waals surface area contributed by atoms with Gasteiger partial charge in [0.1, 0.15) is 29.5 Å². The third kappa shape index (κ3) is 4.46. The molecule has 0 radical (unpaired) electrons. The highest BCUT2D eigenvalue weighted by Crippen LogP contribution is 2.24. The molecule has 2 N–H and O–H groups in total. The first-order valence-corrected chi connectivity index (χ1v) is 7.99. The number of anilines is 3. The zero-order valence-corrected chi connectivity index (χ0v) is 13.6. The second-order valence-corrected chi connectivity index (χ2v) is 5.28. The van der Waals surface area contributed by atoms with Crippen LogP contribution in [0.1, 0.15) is 13.3 Å². The van der Waals surface area contributed by atoms with Crippen molar-refractivity contribution >= 4 is 17.3 Å². The van der Waals surface area contributed by atoms with E-state index in [-0.39, 0.29) is 0 Å². The average Bonchev–Trinajstić information content (AvgIpc) is 2.63. The lowest BCUT2D eigenvalue weighted by molar-refractivity contribution is 0.483. The molecule has 0 aliphatic heterocycles. The van der Waals surface area contributed by atoms with Crippen LogP contribution in [0.25, 0.3) is 0 Å². The molecule has 5 nitrogen and oxygen atoms in total. The molecule has 122 valence electrons. The summed E-state index contributed by atoms with van der Waals surface area (Å²) in [7, 11) is 0. The lowest BCUT2D eigenvalue weighted by atomic mass is 10.3. The Hall–Kier alpha value is -3.08. The van der Waals surface area contributed by atoms with Crippen molar-refractivity contribution in [2.45, 2.75) is 13.3 Å². The lowest BCUT2D eigenvalue weighted by Crippen LogP contribution is -2.03. The Morgan fingerprint density at radius 2 is 1.58 bits per heavy atom. The third-order valence-electron chi connectivity index (χ3n) is 3.33. The Balaban J connectivity index is 1.64. The van der Waals surface area contributed by atoms with Crippen LogP contribution in [0, 0.1) is 0 Å². The summed E-state index contributed by atoms with van der Waals surface area (Å²) in [5, 5.41) is 6.51. The summed E-state index contributed by atoms with van der Waals surface area (Å²) < 4.78 is 5.78. The SMILES string of the molecule is CCCNc1cc(Nc2ccc(Oc3ccccc3)cc2)ncn1. The van der Waals surface area contributed by atoms with Crippen LogP contribution in [0.4, 0.5) is 17.3 Å². The van der Waals surface area contributed by atoms with E-state index in [2.05, 4.69) is 27.5 Å². The third-order valence-corrected chi connectivity index (χ3v) is 3.33. The van der Waals surface area contributed by atoms with E-state index in [1.165, 1.54) is 0 Å². The highest BCUT2D eigenvalue weighted by atomic mass is 16.5. The van der Waals surface area contributed by atoms with Gasteiger partial charge in [-0.05, 0) is 42.8 Å². The highest BCUT2D eigenvalue weighted by molar-refractivity contribution is 5.59. The molecular weight excluding hydrogens is 300 g/mol. The zero-order valence-electron chi connectivity index (χ0n) is 13.6. The van der Waals surface area contributed by atoms with Gasteiger partial charge in [-0.2, -0.15) is 0 Å². The normalized spacial score (nSPS) is 10.2. The maximum atomic E-state index is 5.78. The van der Waals surface area contributed by atoms with Gasteiger partial charge in [0.2, 0.25) is 0 Å². The zero-order chi connectivity index (χ0) is 16.6. The van der Waals surface area contributed by atoms with Gasteiger partial charge in [0.05, 0.1) is 0 Å². The van der Waals surface area contributed by atoms with Crippen molar-refractivity contribution in [3.63, 3.8) is 0 Å².